The monoisotopic (exact) mass is 370 g/mol. The van der Waals surface area contributed by atoms with Gasteiger partial charge in [0.05, 0.1) is 5.69 Å². The molecule has 0 saturated carbocycles. The van der Waals surface area contributed by atoms with E-state index < -0.39 is 22.9 Å². The van der Waals surface area contributed by atoms with Crippen molar-refractivity contribution in [2.24, 2.45) is 17.8 Å². The Morgan fingerprint density at radius 1 is 1.15 bits per heavy atom. The Balaban J connectivity index is 1.95. The molecule has 4 rings (SSSR count). The molecule has 1 aromatic carbocycles. The van der Waals surface area contributed by atoms with E-state index in [0.29, 0.717) is 0 Å². The number of para-hydroxylation sites is 1. The van der Waals surface area contributed by atoms with Gasteiger partial charge in [-0.25, -0.2) is 0 Å². The first-order chi connectivity index (χ1) is 12.5. The molecule has 2 fully saturated rings. The van der Waals surface area contributed by atoms with Gasteiger partial charge >= 0.3 is 0 Å². The molecule has 0 radical (unpaired) electrons. The number of amides is 3. The van der Waals surface area contributed by atoms with Crippen LogP contribution >= 0.6 is 0 Å². The minimum atomic E-state index is -1.06. The largest absolute Gasteiger partial charge is 0.326 e. The number of quaternary nitrogens is 1. The molecule has 0 unspecified atom stereocenters. The normalized spacial score (nSPS) is 32.5. The van der Waals surface area contributed by atoms with Gasteiger partial charge in [0, 0.05) is 17.0 Å². The van der Waals surface area contributed by atoms with Crippen LogP contribution in [-0.4, -0.2) is 34.2 Å². The van der Waals surface area contributed by atoms with Crippen molar-refractivity contribution in [3.63, 3.8) is 0 Å². The maximum Gasteiger partial charge on any atom is 0.291 e. The van der Waals surface area contributed by atoms with Gasteiger partial charge in [0.25, 0.3) is 5.91 Å². The molecule has 3 N–H and O–H groups in total. The summed E-state index contributed by atoms with van der Waals surface area (Å²) in [7, 11) is 0. The Morgan fingerprint density at radius 2 is 1.81 bits per heavy atom. The van der Waals surface area contributed by atoms with E-state index >= 15 is 0 Å². The van der Waals surface area contributed by atoms with Crippen molar-refractivity contribution in [2.75, 3.05) is 5.32 Å². The standard InChI is InChI=1S/C21H27N3O3/c1-10(2)15-13-14(18(26)24(17(13)25)20(4,5)6)21(23-15)12-9-7-8-11(3)16(12)22-19(21)27/h7-10,13-15,23H,1-6H3,(H,22,27)/p+1/t13-,14-,15-,21-/m0/s1. The number of likely N-dealkylation sites (tertiary alicyclic amines) is 1. The lowest BCUT2D eigenvalue weighted by Crippen LogP contribution is -2.99. The summed E-state index contributed by atoms with van der Waals surface area (Å²) in [6, 6.07) is 5.68. The van der Waals surface area contributed by atoms with Gasteiger partial charge in [0.2, 0.25) is 17.4 Å². The number of nitrogens with one attached hydrogen (secondary N) is 1. The minimum Gasteiger partial charge on any atom is -0.326 e. The predicted molar refractivity (Wildman–Crippen MR) is 101 cm³/mol. The second-order valence-electron chi connectivity index (χ2n) is 9.49. The quantitative estimate of drug-likeness (QED) is 0.728. The highest BCUT2D eigenvalue weighted by atomic mass is 16.2. The Morgan fingerprint density at radius 3 is 2.41 bits per heavy atom. The number of hydrogen-bond acceptors (Lipinski definition) is 3. The van der Waals surface area contributed by atoms with E-state index in [-0.39, 0.29) is 29.7 Å². The van der Waals surface area contributed by atoms with Crippen molar-refractivity contribution in [3.8, 4) is 0 Å². The van der Waals surface area contributed by atoms with Crippen LogP contribution in [0.25, 0.3) is 0 Å². The van der Waals surface area contributed by atoms with Gasteiger partial charge in [-0.15, -0.1) is 0 Å². The van der Waals surface area contributed by atoms with Gasteiger partial charge in [0.1, 0.15) is 17.9 Å². The number of benzene rings is 1. The number of carbonyl (C=O) groups is 3. The first kappa shape index (κ1) is 18.2. The summed E-state index contributed by atoms with van der Waals surface area (Å²) in [6.45, 7) is 11.7. The molecule has 0 aromatic heterocycles. The average Bonchev–Trinajstić information content (AvgIpc) is 3.13. The summed E-state index contributed by atoms with van der Waals surface area (Å²) in [5.74, 6) is -1.52. The van der Waals surface area contributed by atoms with Crippen LogP contribution in [0, 0.1) is 24.7 Å². The smallest absolute Gasteiger partial charge is 0.291 e. The average molecular weight is 370 g/mol. The molecule has 0 aliphatic carbocycles. The van der Waals surface area contributed by atoms with Gasteiger partial charge in [-0.05, 0) is 33.3 Å². The number of nitrogens with zero attached hydrogens (tertiary/aromatic N) is 1. The molecule has 2 saturated heterocycles. The van der Waals surface area contributed by atoms with Gasteiger partial charge in [-0.2, -0.15) is 0 Å². The van der Waals surface area contributed by atoms with Crippen molar-refractivity contribution in [1.82, 2.24) is 4.90 Å². The molecule has 4 atom stereocenters. The highest BCUT2D eigenvalue weighted by Gasteiger charge is 2.75. The van der Waals surface area contributed by atoms with Gasteiger partial charge in [0.15, 0.2) is 0 Å². The van der Waals surface area contributed by atoms with Gasteiger partial charge in [-0.1, -0.05) is 32.0 Å². The Hall–Kier alpha value is -2.21. The fourth-order valence-corrected chi connectivity index (χ4v) is 5.33. The van der Waals surface area contributed by atoms with Gasteiger partial charge < -0.3 is 10.6 Å². The fraction of sp³-hybridized carbons (Fsp3) is 0.571. The van der Waals surface area contributed by atoms with E-state index in [2.05, 4.69) is 19.2 Å². The molecule has 144 valence electrons. The SMILES string of the molecule is Cc1cccc2c1NC(=O)[C@]21[NH2+][C@@H](C(C)C)[C@H]2C(=O)N(C(C)(C)C)C(=O)[C@H]21. The molecule has 6 nitrogen and oxygen atoms in total. The highest BCUT2D eigenvalue weighted by Crippen LogP contribution is 2.51. The molecular formula is C21H28N3O3+. The van der Waals surface area contributed by atoms with E-state index in [4.69, 9.17) is 0 Å². The first-order valence-corrected chi connectivity index (χ1v) is 9.67. The summed E-state index contributed by atoms with van der Waals surface area (Å²) in [4.78, 5) is 41.6. The lowest BCUT2D eigenvalue weighted by molar-refractivity contribution is -0.738. The number of rotatable bonds is 1. The lowest BCUT2D eigenvalue weighted by atomic mass is 9.75. The number of hydrogen-bond donors (Lipinski definition) is 2. The molecule has 3 aliphatic rings. The van der Waals surface area contributed by atoms with E-state index in [0.717, 1.165) is 16.8 Å². The van der Waals surface area contributed by atoms with Crippen molar-refractivity contribution >= 4 is 23.4 Å². The van der Waals surface area contributed by atoms with Crippen LogP contribution in [0.2, 0.25) is 0 Å². The van der Waals surface area contributed by atoms with Crippen LogP contribution < -0.4 is 10.6 Å². The molecule has 0 bridgehead atoms. The number of aryl methyl sites for hydroxylation is 1. The molecule has 27 heavy (non-hydrogen) atoms. The third-order valence-corrected chi connectivity index (χ3v) is 6.49. The molecule has 1 aromatic rings. The van der Waals surface area contributed by atoms with E-state index in [1.54, 1.807) is 0 Å². The third-order valence-electron chi connectivity index (χ3n) is 6.49. The van der Waals surface area contributed by atoms with Crippen molar-refractivity contribution in [3.05, 3.63) is 29.3 Å². The molecule has 6 heteroatoms. The van der Waals surface area contributed by atoms with Crippen molar-refractivity contribution in [2.45, 2.75) is 58.7 Å². The zero-order valence-electron chi connectivity index (χ0n) is 16.8. The van der Waals surface area contributed by atoms with Crippen LogP contribution in [0.4, 0.5) is 5.69 Å². The van der Waals surface area contributed by atoms with Crippen LogP contribution in [0.15, 0.2) is 18.2 Å². The van der Waals surface area contributed by atoms with Gasteiger partial charge in [-0.3, -0.25) is 19.3 Å². The second kappa shape index (κ2) is 5.41. The van der Waals surface area contributed by atoms with E-state index in [9.17, 15) is 14.4 Å². The lowest BCUT2D eigenvalue weighted by Gasteiger charge is -2.33. The zero-order valence-corrected chi connectivity index (χ0v) is 16.8. The van der Waals surface area contributed by atoms with E-state index in [1.165, 1.54) is 4.90 Å². The molecular weight excluding hydrogens is 342 g/mol. The zero-order chi connectivity index (χ0) is 19.9. The number of nitrogens with two attached hydrogens (primary N) is 1. The molecule has 1 spiro atoms. The number of carbonyl (C=O) groups excluding carboxylic acids is 3. The number of imide groups is 1. The Kier molecular flexibility index (Phi) is 3.64. The van der Waals surface area contributed by atoms with Crippen LogP contribution in [-0.2, 0) is 19.9 Å². The van der Waals surface area contributed by atoms with Crippen LogP contribution in [0.5, 0.6) is 0 Å². The highest BCUT2D eigenvalue weighted by molar-refractivity contribution is 6.14. The number of anilines is 1. The van der Waals surface area contributed by atoms with Crippen molar-refractivity contribution < 1.29 is 19.7 Å². The topological polar surface area (TPSA) is 83.1 Å². The molecule has 3 heterocycles. The van der Waals surface area contributed by atoms with Crippen LogP contribution in [0.1, 0.15) is 45.7 Å². The molecule has 3 amide bonds. The summed E-state index contributed by atoms with van der Waals surface area (Å²) in [5, 5.41) is 5.01. The van der Waals surface area contributed by atoms with Crippen LogP contribution in [0.3, 0.4) is 0 Å². The maximum atomic E-state index is 13.5. The summed E-state index contributed by atoms with van der Waals surface area (Å²) in [5.41, 5.74) is 0.929. The Labute approximate surface area is 159 Å². The molecule has 3 aliphatic heterocycles. The summed E-state index contributed by atoms with van der Waals surface area (Å²) >= 11 is 0. The maximum absolute atomic E-state index is 13.5. The number of fused-ring (bicyclic) bond motifs is 4. The van der Waals surface area contributed by atoms with E-state index in [1.807, 2.05) is 51.2 Å². The predicted octanol–water partition coefficient (Wildman–Crippen LogP) is 1.14. The first-order valence-electron chi connectivity index (χ1n) is 9.67. The summed E-state index contributed by atoms with van der Waals surface area (Å²) < 4.78 is 0. The minimum absolute atomic E-state index is 0.115. The third kappa shape index (κ3) is 2.13. The Bertz CT molecular complexity index is 870. The summed E-state index contributed by atoms with van der Waals surface area (Å²) in [6.07, 6.45) is 0. The second-order valence-corrected chi connectivity index (χ2v) is 9.49. The fourth-order valence-electron chi connectivity index (χ4n) is 5.33. The van der Waals surface area contributed by atoms with Crippen molar-refractivity contribution in [1.29, 1.82) is 0 Å².